The van der Waals surface area contributed by atoms with Crippen LogP contribution in [0.4, 0.5) is 0 Å². The first-order chi connectivity index (χ1) is 11.2. The van der Waals surface area contributed by atoms with Crippen LogP contribution in [0.2, 0.25) is 5.02 Å². The van der Waals surface area contributed by atoms with E-state index < -0.39 is 0 Å². The van der Waals surface area contributed by atoms with E-state index in [1.807, 2.05) is 12.1 Å². The van der Waals surface area contributed by atoms with Crippen molar-refractivity contribution in [2.75, 3.05) is 27.2 Å². The average molecular weight is 327 g/mol. The molecular formula is C20H23ClN2. The molecule has 23 heavy (non-hydrogen) atoms. The molecule has 0 aliphatic heterocycles. The van der Waals surface area contributed by atoms with E-state index in [9.17, 15) is 0 Å². The molecule has 3 rings (SSSR count). The third kappa shape index (κ3) is 3.65. The van der Waals surface area contributed by atoms with Crippen LogP contribution in [-0.4, -0.2) is 37.8 Å². The minimum absolute atomic E-state index is 0.841. The molecule has 0 fully saturated rings. The number of halogens is 1. The lowest BCUT2D eigenvalue weighted by Crippen LogP contribution is -2.14. The van der Waals surface area contributed by atoms with Crippen LogP contribution in [0.15, 0.2) is 47.5 Å². The summed E-state index contributed by atoms with van der Waals surface area (Å²) in [5.74, 6) is 0. The quantitative estimate of drug-likeness (QED) is 0.768. The molecule has 3 heteroatoms. The van der Waals surface area contributed by atoms with Crippen LogP contribution in [0, 0.1) is 0 Å². The Hall–Kier alpha value is -1.64. The fourth-order valence-corrected chi connectivity index (χ4v) is 3.43. The van der Waals surface area contributed by atoms with Crippen LogP contribution < -0.4 is 0 Å². The van der Waals surface area contributed by atoms with Crippen molar-refractivity contribution in [1.29, 1.82) is 0 Å². The third-order valence-corrected chi connectivity index (χ3v) is 4.68. The first-order valence-electron chi connectivity index (χ1n) is 8.22. The van der Waals surface area contributed by atoms with E-state index in [0.29, 0.717) is 0 Å². The van der Waals surface area contributed by atoms with E-state index in [1.165, 1.54) is 22.3 Å². The van der Waals surface area contributed by atoms with Crippen molar-refractivity contribution in [2.45, 2.75) is 19.3 Å². The van der Waals surface area contributed by atoms with Crippen LogP contribution in [0.1, 0.15) is 28.7 Å². The van der Waals surface area contributed by atoms with Gasteiger partial charge in [-0.15, -0.1) is 0 Å². The monoisotopic (exact) mass is 326 g/mol. The SMILES string of the molecule is CN(C)CCC/N=C1/c2ccccc2CCc2c(Cl)cccc21. The van der Waals surface area contributed by atoms with Crippen molar-refractivity contribution in [1.82, 2.24) is 4.90 Å². The maximum absolute atomic E-state index is 6.46. The summed E-state index contributed by atoms with van der Waals surface area (Å²) in [7, 11) is 4.20. The van der Waals surface area contributed by atoms with Gasteiger partial charge >= 0.3 is 0 Å². The molecule has 0 N–H and O–H groups in total. The first kappa shape index (κ1) is 16.2. The van der Waals surface area contributed by atoms with Crippen molar-refractivity contribution in [3.05, 3.63) is 69.7 Å². The zero-order valence-corrected chi connectivity index (χ0v) is 14.6. The van der Waals surface area contributed by atoms with Gasteiger partial charge in [0.05, 0.1) is 5.71 Å². The Bertz CT molecular complexity index is 719. The molecule has 0 aromatic heterocycles. The van der Waals surface area contributed by atoms with Gasteiger partial charge in [0.25, 0.3) is 0 Å². The predicted octanol–water partition coefficient (Wildman–Crippen LogP) is 4.23. The fourth-order valence-electron chi connectivity index (χ4n) is 3.16. The predicted molar refractivity (Wildman–Crippen MR) is 99.0 cm³/mol. The highest BCUT2D eigenvalue weighted by Gasteiger charge is 2.20. The van der Waals surface area contributed by atoms with Crippen LogP contribution >= 0.6 is 11.6 Å². The molecule has 0 radical (unpaired) electrons. The van der Waals surface area contributed by atoms with E-state index >= 15 is 0 Å². The Morgan fingerprint density at radius 1 is 1.00 bits per heavy atom. The number of aliphatic imine (C=N–C) groups is 1. The molecular weight excluding hydrogens is 304 g/mol. The molecule has 1 aliphatic rings. The highest BCUT2D eigenvalue weighted by molar-refractivity contribution is 6.32. The van der Waals surface area contributed by atoms with Gasteiger partial charge in [0.2, 0.25) is 0 Å². The minimum Gasteiger partial charge on any atom is -0.309 e. The molecule has 0 saturated heterocycles. The molecule has 2 nitrogen and oxygen atoms in total. The lowest BCUT2D eigenvalue weighted by Gasteiger charge is -2.12. The smallest absolute Gasteiger partial charge is 0.0724 e. The van der Waals surface area contributed by atoms with Gasteiger partial charge < -0.3 is 4.90 Å². The summed E-state index contributed by atoms with van der Waals surface area (Å²) in [5.41, 5.74) is 6.17. The standard InChI is InChI=1S/C20H23ClN2/c1-23(2)14-6-13-22-20-16-8-4-3-7-15(16)11-12-17-18(20)9-5-10-19(17)21/h3-5,7-10H,6,11-14H2,1-2H3/b22-20-. The lowest BCUT2D eigenvalue weighted by molar-refractivity contribution is 0.403. The van der Waals surface area contributed by atoms with E-state index in [2.05, 4.69) is 49.3 Å². The molecule has 2 aromatic carbocycles. The number of nitrogens with zero attached hydrogens (tertiary/aromatic N) is 2. The summed E-state index contributed by atoms with van der Waals surface area (Å²) in [6.45, 7) is 1.90. The second-order valence-corrected chi connectivity index (χ2v) is 6.72. The minimum atomic E-state index is 0.841. The molecule has 120 valence electrons. The van der Waals surface area contributed by atoms with E-state index in [0.717, 1.165) is 43.1 Å². The third-order valence-electron chi connectivity index (χ3n) is 4.32. The summed E-state index contributed by atoms with van der Waals surface area (Å²) in [5, 5.41) is 0.858. The molecule has 0 atom stereocenters. The van der Waals surface area contributed by atoms with Crippen LogP contribution in [0.3, 0.4) is 0 Å². The van der Waals surface area contributed by atoms with Gasteiger partial charge in [-0.05, 0) is 57.1 Å². The number of fused-ring (bicyclic) bond motifs is 2. The second-order valence-electron chi connectivity index (χ2n) is 6.31. The topological polar surface area (TPSA) is 15.6 Å². The van der Waals surface area contributed by atoms with Crippen molar-refractivity contribution >= 4 is 17.3 Å². The van der Waals surface area contributed by atoms with Gasteiger partial charge in [0.15, 0.2) is 0 Å². The van der Waals surface area contributed by atoms with Crippen LogP contribution in [0.5, 0.6) is 0 Å². The Balaban J connectivity index is 2.01. The summed E-state index contributed by atoms with van der Waals surface area (Å²) in [6, 6.07) is 14.8. The molecule has 2 aromatic rings. The fraction of sp³-hybridized carbons (Fsp3) is 0.350. The van der Waals surface area contributed by atoms with Crippen molar-refractivity contribution in [2.24, 2.45) is 4.99 Å². The molecule has 0 spiro atoms. The number of hydrogen-bond acceptors (Lipinski definition) is 2. The summed E-state index contributed by atoms with van der Waals surface area (Å²) in [4.78, 5) is 7.17. The number of aryl methyl sites for hydroxylation is 1. The molecule has 0 unspecified atom stereocenters. The highest BCUT2D eigenvalue weighted by atomic mass is 35.5. The lowest BCUT2D eigenvalue weighted by atomic mass is 9.98. The van der Waals surface area contributed by atoms with Crippen LogP contribution in [-0.2, 0) is 12.8 Å². The highest BCUT2D eigenvalue weighted by Crippen LogP contribution is 2.29. The normalized spacial score (nSPS) is 15.4. The maximum atomic E-state index is 6.46. The van der Waals surface area contributed by atoms with Crippen LogP contribution in [0.25, 0.3) is 0 Å². The summed E-state index contributed by atoms with van der Waals surface area (Å²) in [6.07, 6.45) is 3.06. The van der Waals surface area contributed by atoms with Gasteiger partial charge in [-0.25, -0.2) is 0 Å². The average Bonchev–Trinajstić information content (AvgIpc) is 2.70. The van der Waals surface area contributed by atoms with Crippen molar-refractivity contribution in [3.8, 4) is 0 Å². The van der Waals surface area contributed by atoms with Gasteiger partial charge in [0.1, 0.15) is 0 Å². The molecule has 0 bridgehead atoms. The summed E-state index contributed by atoms with van der Waals surface area (Å²) < 4.78 is 0. The van der Waals surface area contributed by atoms with Gasteiger partial charge in [-0.1, -0.05) is 48.0 Å². The molecule has 0 saturated carbocycles. The Kier molecular flexibility index (Phi) is 5.14. The number of benzene rings is 2. The molecule has 0 heterocycles. The Labute approximate surface area is 143 Å². The zero-order chi connectivity index (χ0) is 16.2. The Morgan fingerprint density at radius 3 is 2.61 bits per heavy atom. The largest absolute Gasteiger partial charge is 0.309 e. The molecule has 0 amide bonds. The van der Waals surface area contributed by atoms with Gasteiger partial charge in [-0.2, -0.15) is 0 Å². The van der Waals surface area contributed by atoms with Gasteiger partial charge in [0, 0.05) is 22.7 Å². The van der Waals surface area contributed by atoms with Gasteiger partial charge in [-0.3, -0.25) is 4.99 Å². The van der Waals surface area contributed by atoms with E-state index in [4.69, 9.17) is 16.6 Å². The number of rotatable bonds is 4. The number of hydrogen-bond donors (Lipinski definition) is 0. The second kappa shape index (κ2) is 7.29. The van der Waals surface area contributed by atoms with Crippen molar-refractivity contribution < 1.29 is 0 Å². The van der Waals surface area contributed by atoms with E-state index in [-0.39, 0.29) is 0 Å². The first-order valence-corrected chi connectivity index (χ1v) is 8.60. The van der Waals surface area contributed by atoms with E-state index in [1.54, 1.807) is 0 Å². The summed E-state index contributed by atoms with van der Waals surface area (Å²) >= 11 is 6.46. The Morgan fingerprint density at radius 2 is 1.78 bits per heavy atom. The van der Waals surface area contributed by atoms with Crippen molar-refractivity contribution in [3.63, 3.8) is 0 Å². The molecule has 1 aliphatic carbocycles. The maximum Gasteiger partial charge on any atom is 0.0724 e. The zero-order valence-electron chi connectivity index (χ0n) is 13.8.